The quantitative estimate of drug-likeness (QED) is 0.691. The van der Waals surface area contributed by atoms with Gasteiger partial charge in [-0.25, -0.2) is 0 Å². The van der Waals surface area contributed by atoms with E-state index in [0.717, 1.165) is 6.54 Å². The van der Waals surface area contributed by atoms with E-state index in [9.17, 15) is 0 Å². The summed E-state index contributed by atoms with van der Waals surface area (Å²) in [5.41, 5.74) is 1.76. The van der Waals surface area contributed by atoms with Crippen LogP contribution in [0.5, 0.6) is 0 Å². The van der Waals surface area contributed by atoms with E-state index in [1.807, 2.05) is 11.8 Å². The molecule has 1 saturated carbocycles. The van der Waals surface area contributed by atoms with Crippen molar-refractivity contribution in [3.8, 4) is 0 Å². The molecule has 0 bridgehead atoms. The van der Waals surface area contributed by atoms with Crippen LogP contribution in [0.25, 0.3) is 0 Å². The second-order valence-corrected chi connectivity index (χ2v) is 6.42. The van der Waals surface area contributed by atoms with Gasteiger partial charge in [-0.1, -0.05) is 44.9 Å². The van der Waals surface area contributed by atoms with Gasteiger partial charge in [-0.15, -0.1) is 0 Å². The van der Waals surface area contributed by atoms with E-state index in [4.69, 9.17) is 4.99 Å². The lowest BCUT2D eigenvalue weighted by Crippen LogP contribution is -2.36. The second kappa shape index (κ2) is 3.80. The molecular weight excluding hydrogens is 216 g/mol. The van der Waals surface area contributed by atoms with Crippen molar-refractivity contribution in [2.24, 2.45) is 10.9 Å². The summed E-state index contributed by atoms with van der Waals surface area (Å²) < 4.78 is 0. The smallest absolute Gasteiger partial charge is 0.168 e. The Morgan fingerprint density at radius 3 is 2.75 bits per heavy atom. The number of amidine groups is 1. The van der Waals surface area contributed by atoms with Gasteiger partial charge in [0, 0.05) is 5.70 Å². The average Bonchev–Trinajstić information content (AvgIpc) is 2.75. The maximum absolute atomic E-state index is 5.03. The van der Waals surface area contributed by atoms with E-state index in [0.29, 0.717) is 5.92 Å². The van der Waals surface area contributed by atoms with E-state index in [1.54, 1.807) is 0 Å². The van der Waals surface area contributed by atoms with E-state index < -0.39 is 0 Å². The molecule has 2 aliphatic heterocycles. The molecule has 2 nitrogen and oxygen atoms in total. The molecule has 0 aromatic rings. The molecule has 0 saturated heterocycles. The first-order valence-electron chi connectivity index (χ1n) is 6.44. The molecule has 16 heavy (non-hydrogen) atoms. The summed E-state index contributed by atoms with van der Waals surface area (Å²) in [6.07, 6.45) is 6.76. The highest BCUT2D eigenvalue weighted by molar-refractivity contribution is 8.16. The minimum Gasteiger partial charge on any atom is -0.321 e. The summed E-state index contributed by atoms with van der Waals surface area (Å²) in [4.78, 5) is 7.50. The third-order valence-corrected chi connectivity index (χ3v) is 4.87. The van der Waals surface area contributed by atoms with Crippen LogP contribution < -0.4 is 0 Å². The van der Waals surface area contributed by atoms with Crippen molar-refractivity contribution in [3.63, 3.8) is 0 Å². The number of hydrogen-bond donors (Lipinski definition) is 0. The number of aliphatic imine (C=N–C) groups is 1. The highest BCUT2D eigenvalue weighted by Crippen LogP contribution is 2.43. The lowest BCUT2D eigenvalue weighted by molar-refractivity contribution is 0.274. The molecule has 0 atom stereocenters. The first-order valence-corrected chi connectivity index (χ1v) is 7.32. The van der Waals surface area contributed by atoms with Gasteiger partial charge in [0.2, 0.25) is 0 Å². The van der Waals surface area contributed by atoms with Gasteiger partial charge in [0.25, 0.3) is 0 Å². The summed E-state index contributed by atoms with van der Waals surface area (Å²) in [7, 11) is 0. The topological polar surface area (TPSA) is 15.6 Å². The lowest BCUT2D eigenvalue weighted by atomic mass is 9.82. The highest BCUT2D eigenvalue weighted by atomic mass is 32.2. The van der Waals surface area contributed by atoms with Crippen molar-refractivity contribution in [2.45, 2.75) is 51.5 Å². The maximum atomic E-state index is 5.03. The van der Waals surface area contributed by atoms with Gasteiger partial charge < -0.3 is 4.90 Å². The van der Waals surface area contributed by atoms with E-state index >= 15 is 0 Å². The van der Waals surface area contributed by atoms with Crippen molar-refractivity contribution in [2.75, 3.05) is 6.54 Å². The zero-order chi connectivity index (χ0) is 11.2. The average molecular weight is 236 g/mol. The monoisotopic (exact) mass is 236 g/mol. The van der Waals surface area contributed by atoms with Crippen molar-refractivity contribution in [1.82, 2.24) is 4.90 Å². The van der Waals surface area contributed by atoms with Crippen LogP contribution in [0.1, 0.15) is 46.0 Å². The minimum absolute atomic E-state index is 0.287. The summed E-state index contributed by atoms with van der Waals surface area (Å²) in [5, 5.41) is 3.56. The molecule has 0 N–H and O–H groups in total. The molecule has 0 unspecified atom stereocenters. The second-order valence-electron chi connectivity index (χ2n) is 5.58. The number of hydrogen-bond acceptors (Lipinski definition) is 3. The first kappa shape index (κ1) is 10.7. The zero-order valence-corrected chi connectivity index (χ0v) is 11.0. The SMILES string of the molecule is CC(C)C1=CSC2=NC3(CCCCC3)CN12. The molecule has 0 aromatic heterocycles. The third-order valence-electron chi connectivity index (χ3n) is 3.99. The molecule has 0 aromatic carbocycles. The van der Waals surface area contributed by atoms with Crippen LogP contribution in [0.2, 0.25) is 0 Å². The number of thioether (sulfide) groups is 1. The summed E-state index contributed by atoms with van der Waals surface area (Å²) >= 11 is 1.83. The fraction of sp³-hybridized carbons (Fsp3) is 0.769. The van der Waals surface area contributed by atoms with Gasteiger partial charge >= 0.3 is 0 Å². The van der Waals surface area contributed by atoms with Crippen molar-refractivity contribution >= 4 is 16.9 Å². The molecule has 88 valence electrons. The normalized spacial score (nSPS) is 27.3. The van der Waals surface area contributed by atoms with E-state index in [-0.39, 0.29) is 5.54 Å². The Hall–Kier alpha value is -0.440. The van der Waals surface area contributed by atoms with Crippen LogP contribution in [-0.2, 0) is 0 Å². The molecule has 2 heterocycles. The molecule has 1 spiro atoms. The summed E-state index contributed by atoms with van der Waals surface area (Å²) in [6.45, 7) is 5.71. The highest BCUT2D eigenvalue weighted by Gasteiger charge is 2.43. The number of fused-ring (bicyclic) bond motifs is 1. The first-order chi connectivity index (χ1) is 7.70. The van der Waals surface area contributed by atoms with E-state index in [1.165, 1.54) is 43.0 Å². The standard InChI is InChI=1S/C13H20N2S/c1-10(2)11-8-16-12-14-13(9-15(11)12)6-4-3-5-7-13/h8,10H,3-7,9H2,1-2H3. The molecule has 3 heteroatoms. The molecule has 1 aliphatic carbocycles. The van der Waals surface area contributed by atoms with Gasteiger partial charge in [-0.3, -0.25) is 4.99 Å². The predicted molar refractivity (Wildman–Crippen MR) is 70.5 cm³/mol. The Morgan fingerprint density at radius 2 is 2.06 bits per heavy atom. The summed E-state index contributed by atoms with van der Waals surface area (Å²) in [5.74, 6) is 0.624. The van der Waals surface area contributed by atoms with Crippen LogP contribution in [0.15, 0.2) is 16.1 Å². The van der Waals surface area contributed by atoms with Gasteiger partial charge in [0.15, 0.2) is 5.17 Å². The van der Waals surface area contributed by atoms with Crippen LogP contribution in [0, 0.1) is 5.92 Å². The Kier molecular flexibility index (Phi) is 2.54. The molecule has 1 fully saturated rings. The van der Waals surface area contributed by atoms with Gasteiger partial charge in [-0.05, 0) is 24.2 Å². The Labute approximate surface area is 102 Å². The van der Waals surface area contributed by atoms with Crippen LogP contribution in [0.4, 0.5) is 0 Å². The van der Waals surface area contributed by atoms with E-state index in [2.05, 4.69) is 24.2 Å². The Balaban J connectivity index is 1.81. The van der Waals surface area contributed by atoms with Crippen molar-refractivity contribution in [3.05, 3.63) is 11.1 Å². The molecule has 0 radical (unpaired) electrons. The lowest BCUT2D eigenvalue weighted by Gasteiger charge is -2.32. The third kappa shape index (κ3) is 1.60. The molecule has 3 rings (SSSR count). The number of nitrogens with zero attached hydrogens (tertiary/aromatic N) is 2. The minimum atomic E-state index is 0.287. The summed E-state index contributed by atoms with van der Waals surface area (Å²) in [6, 6.07) is 0. The van der Waals surface area contributed by atoms with Crippen molar-refractivity contribution in [1.29, 1.82) is 0 Å². The fourth-order valence-electron chi connectivity index (χ4n) is 3.06. The predicted octanol–water partition coefficient (Wildman–Crippen LogP) is 3.61. The van der Waals surface area contributed by atoms with Gasteiger partial charge in [0.1, 0.15) is 0 Å². The number of rotatable bonds is 1. The van der Waals surface area contributed by atoms with Crippen molar-refractivity contribution < 1.29 is 0 Å². The Bertz CT molecular complexity index is 351. The zero-order valence-electron chi connectivity index (χ0n) is 10.2. The van der Waals surface area contributed by atoms with Crippen LogP contribution >= 0.6 is 11.8 Å². The fourth-order valence-corrected chi connectivity index (χ4v) is 4.23. The largest absolute Gasteiger partial charge is 0.321 e. The van der Waals surface area contributed by atoms with Crippen LogP contribution in [-0.4, -0.2) is 22.2 Å². The molecule has 0 amide bonds. The molecular formula is C13H20N2S. The molecule has 3 aliphatic rings. The maximum Gasteiger partial charge on any atom is 0.168 e. The number of allylic oxidation sites excluding steroid dienone is 1. The Morgan fingerprint density at radius 1 is 1.31 bits per heavy atom. The van der Waals surface area contributed by atoms with Gasteiger partial charge in [-0.2, -0.15) is 0 Å². The van der Waals surface area contributed by atoms with Gasteiger partial charge in [0.05, 0.1) is 12.1 Å². The van der Waals surface area contributed by atoms with Crippen LogP contribution in [0.3, 0.4) is 0 Å².